The fourth-order valence-electron chi connectivity index (χ4n) is 1.84. The summed E-state index contributed by atoms with van der Waals surface area (Å²) in [5, 5.41) is 11.6. The van der Waals surface area contributed by atoms with E-state index in [1.807, 2.05) is 24.3 Å². The Balaban J connectivity index is 1.98. The number of benzene rings is 1. The predicted molar refractivity (Wildman–Crippen MR) is 82.3 cm³/mol. The molecule has 0 bridgehead atoms. The minimum atomic E-state index is -1.10. The maximum atomic E-state index is 11.9. The number of carbonyl (C=O) groups is 2. The van der Waals surface area contributed by atoms with Crippen molar-refractivity contribution >= 4 is 33.5 Å². The smallest absolute Gasteiger partial charge is 0.337 e. The van der Waals surface area contributed by atoms with E-state index >= 15 is 0 Å². The fourth-order valence-corrected chi connectivity index (χ4v) is 2.29. The van der Waals surface area contributed by atoms with Gasteiger partial charge in [0.05, 0.1) is 17.4 Å². The van der Waals surface area contributed by atoms with E-state index in [0.717, 1.165) is 10.0 Å². The number of anilines is 1. The van der Waals surface area contributed by atoms with Gasteiger partial charge in [-0.05, 0) is 30.2 Å². The predicted octanol–water partition coefficient (Wildman–Crippen LogP) is 3.11. The Morgan fingerprint density at radius 2 is 2.10 bits per heavy atom. The molecule has 5 nitrogen and oxygen atoms in total. The SMILES string of the molecule is O=C(CCc1cccc(Br)c1)Nc1cnccc1C(=O)O. The normalized spacial score (nSPS) is 10.1. The highest BCUT2D eigenvalue weighted by Gasteiger charge is 2.12. The number of hydrogen-bond acceptors (Lipinski definition) is 3. The van der Waals surface area contributed by atoms with Crippen LogP contribution in [0.3, 0.4) is 0 Å². The van der Waals surface area contributed by atoms with Gasteiger partial charge in [-0.1, -0.05) is 28.1 Å². The van der Waals surface area contributed by atoms with E-state index in [4.69, 9.17) is 5.11 Å². The van der Waals surface area contributed by atoms with Crippen LogP contribution in [0.5, 0.6) is 0 Å². The lowest BCUT2D eigenvalue weighted by molar-refractivity contribution is -0.116. The first-order chi connectivity index (χ1) is 10.1. The van der Waals surface area contributed by atoms with Crippen LogP contribution in [-0.4, -0.2) is 22.0 Å². The van der Waals surface area contributed by atoms with E-state index in [1.54, 1.807) is 0 Å². The van der Waals surface area contributed by atoms with E-state index in [0.29, 0.717) is 6.42 Å². The van der Waals surface area contributed by atoms with Crippen molar-refractivity contribution < 1.29 is 14.7 Å². The molecule has 2 N–H and O–H groups in total. The van der Waals surface area contributed by atoms with Crippen molar-refractivity contribution in [3.8, 4) is 0 Å². The highest BCUT2D eigenvalue weighted by atomic mass is 79.9. The number of aromatic carboxylic acids is 1. The van der Waals surface area contributed by atoms with Gasteiger partial charge in [-0.15, -0.1) is 0 Å². The maximum absolute atomic E-state index is 11.9. The minimum absolute atomic E-state index is 0.0285. The number of carboxylic acids is 1. The van der Waals surface area contributed by atoms with Gasteiger partial charge < -0.3 is 10.4 Å². The Bertz CT molecular complexity index is 673. The number of aromatic nitrogens is 1. The maximum Gasteiger partial charge on any atom is 0.337 e. The number of nitrogens with one attached hydrogen (secondary N) is 1. The Labute approximate surface area is 130 Å². The fraction of sp³-hybridized carbons (Fsp3) is 0.133. The Kier molecular flexibility index (Phi) is 5.05. The van der Waals surface area contributed by atoms with Crippen LogP contribution in [0, 0.1) is 0 Å². The number of hydrogen-bond donors (Lipinski definition) is 2. The first-order valence-corrected chi connectivity index (χ1v) is 7.07. The summed E-state index contributed by atoms with van der Waals surface area (Å²) in [6, 6.07) is 9.05. The number of carboxylic acid groups (broad SMARTS) is 1. The molecule has 1 aromatic heterocycles. The zero-order valence-electron chi connectivity index (χ0n) is 11.0. The van der Waals surface area contributed by atoms with Gasteiger partial charge in [0, 0.05) is 17.1 Å². The van der Waals surface area contributed by atoms with Gasteiger partial charge in [-0.3, -0.25) is 9.78 Å². The lowest BCUT2D eigenvalue weighted by atomic mass is 10.1. The molecule has 2 rings (SSSR count). The zero-order valence-corrected chi connectivity index (χ0v) is 12.6. The van der Waals surface area contributed by atoms with Crippen molar-refractivity contribution in [1.82, 2.24) is 4.98 Å². The lowest BCUT2D eigenvalue weighted by Gasteiger charge is -2.07. The first kappa shape index (κ1) is 15.2. The summed E-state index contributed by atoms with van der Waals surface area (Å²) in [6.07, 6.45) is 3.55. The van der Waals surface area contributed by atoms with Crippen LogP contribution in [0.2, 0.25) is 0 Å². The third kappa shape index (κ3) is 4.39. The van der Waals surface area contributed by atoms with Gasteiger partial charge >= 0.3 is 5.97 Å². The molecule has 6 heteroatoms. The second-order valence-electron chi connectivity index (χ2n) is 4.40. The molecule has 0 atom stereocenters. The summed E-state index contributed by atoms with van der Waals surface area (Å²) in [5.41, 5.74) is 1.27. The van der Waals surface area contributed by atoms with Gasteiger partial charge in [0.15, 0.2) is 0 Å². The van der Waals surface area contributed by atoms with Crippen molar-refractivity contribution in [2.45, 2.75) is 12.8 Å². The molecule has 0 saturated heterocycles. The topological polar surface area (TPSA) is 79.3 Å². The molecule has 0 spiro atoms. The molecular weight excluding hydrogens is 336 g/mol. The van der Waals surface area contributed by atoms with E-state index in [1.165, 1.54) is 18.5 Å². The second-order valence-corrected chi connectivity index (χ2v) is 5.32. The van der Waals surface area contributed by atoms with Crippen LogP contribution in [0.25, 0.3) is 0 Å². The highest BCUT2D eigenvalue weighted by Crippen LogP contribution is 2.15. The molecule has 0 saturated carbocycles. The van der Waals surface area contributed by atoms with E-state index in [-0.39, 0.29) is 23.6 Å². The number of rotatable bonds is 5. The van der Waals surface area contributed by atoms with Gasteiger partial charge in [-0.25, -0.2) is 4.79 Å². The molecule has 0 aliphatic heterocycles. The standard InChI is InChI=1S/C15H13BrN2O3/c16-11-3-1-2-10(8-11)4-5-14(19)18-13-9-17-7-6-12(13)15(20)21/h1-3,6-9H,4-5H2,(H,18,19)(H,20,21). The summed E-state index contributed by atoms with van der Waals surface area (Å²) in [7, 11) is 0. The van der Waals surface area contributed by atoms with Crippen LogP contribution in [0.15, 0.2) is 47.2 Å². The van der Waals surface area contributed by atoms with Crippen LogP contribution in [0.1, 0.15) is 22.3 Å². The monoisotopic (exact) mass is 348 g/mol. The van der Waals surface area contributed by atoms with Crippen molar-refractivity contribution in [2.24, 2.45) is 0 Å². The largest absolute Gasteiger partial charge is 0.478 e. The molecule has 21 heavy (non-hydrogen) atoms. The first-order valence-electron chi connectivity index (χ1n) is 6.28. The molecular formula is C15H13BrN2O3. The third-order valence-corrected chi connectivity index (χ3v) is 3.35. The molecule has 108 valence electrons. The quantitative estimate of drug-likeness (QED) is 0.869. The van der Waals surface area contributed by atoms with Gasteiger partial charge in [-0.2, -0.15) is 0 Å². The average molecular weight is 349 g/mol. The summed E-state index contributed by atoms with van der Waals surface area (Å²) < 4.78 is 0.959. The van der Waals surface area contributed by atoms with Gasteiger partial charge in [0.1, 0.15) is 0 Å². The minimum Gasteiger partial charge on any atom is -0.478 e. The molecule has 1 amide bonds. The Hall–Kier alpha value is -2.21. The van der Waals surface area contributed by atoms with Crippen molar-refractivity contribution in [1.29, 1.82) is 0 Å². The molecule has 0 radical (unpaired) electrons. The lowest BCUT2D eigenvalue weighted by Crippen LogP contribution is -2.15. The van der Waals surface area contributed by atoms with E-state index in [2.05, 4.69) is 26.2 Å². The Morgan fingerprint density at radius 1 is 1.29 bits per heavy atom. The van der Waals surface area contributed by atoms with Crippen LogP contribution in [-0.2, 0) is 11.2 Å². The van der Waals surface area contributed by atoms with Crippen LogP contribution < -0.4 is 5.32 Å². The van der Waals surface area contributed by atoms with E-state index in [9.17, 15) is 9.59 Å². The summed E-state index contributed by atoms with van der Waals surface area (Å²) in [4.78, 5) is 26.8. The zero-order chi connectivity index (χ0) is 15.2. The summed E-state index contributed by atoms with van der Waals surface area (Å²) in [5.74, 6) is -1.34. The summed E-state index contributed by atoms with van der Waals surface area (Å²) >= 11 is 3.37. The molecule has 0 aliphatic carbocycles. The summed E-state index contributed by atoms with van der Waals surface area (Å²) in [6.45, 7) is 0. The average Bonchev–Trinajstić information content (AvgIpc) is 2.45. The number of aryl methyl sites for hydroxylation is 1. The molecule has 2 aromatic rings. The van der Waals surface area contributed by atoms with Crippen molar-refractivity contribution in [3.63, 3.8) is 0 Å². The van der Waals surface area contributed by atoms with Crippen molar-refractivity contribution in [3.05, 3.63) is 58.3 Å². The molecule has 1 heterocycles. The van der Waals surface area contributed by atoms with Crippen LogP contribution >= 0.6 is 15.9 Å². The van der Waals surface area contributed by atoms with Crippen molar-refractivity contribution in [2.75, 3.05) is 5.32 Å². The van der Waals surface area contributed by atoms with Crippen LogP contribution in [0.4, 0.5) is 5.69 Å². The molecule has 0 aliphatic rings. The molecule has 1 aromatic carbocycles. The third-order valence-electron chi connectivity index (χ3n) is 2.86. The van der Waals surface area contributed by atoms with Gasteiger partial charge in [0.2, 0.25) is 5.91 Å². The second kappa shape index (κ2) is 6.99. The molecule has 0 unspecified atom stereocenters. The molecule has 0 fully saturated rings. The number of carbonyl (C=O) groups excluding carboxylic acids is 1. The Morgan fingerprint density at radius 3 is 2.81 bits per heavy atom. The van der Waals surface area contributed by atoms with E-state index < -0.39 is 5.97 Å². The van der Waals surface area contributed by atoms with Gasteiger partial charge in [0.25, 0.3) is 0 Å². The number of amides is 1. The number of halogens is 1. The number of pyridine rings is 1. The highest BCUT2D eigenvalue weighted by molar-refractivity contribution is 9.10. The number of nitrogens with zero attached hydrogens (tertiary/aromatic N) is 1.